The lowest BCUT2D eigenvalue weighted by molar-refractivity contribution is 0.0940. The number of carbonyl (C=O) groups is 1. The third-order valence-corrected chi connectivity index (χ3v) is 5.70. The van der Waals surface area contributed by atoms with Gasteiger partial charge >= 0.3 is 0 Å². The molecule has 2 heterocycles. The van der Waals surface area contributed by atoms with Crippen LogP contribution in [0.15, 0.2) is 33.3 Å². The normalized spacial score (nSPS) is 10.9. The summed E-state index contributed by atoms with van der Waals surface area (Å²) < 4.78 is 13.7. The summed E-state index contributed by atoms with van der Waals surface area (Å²) in [5, 5.41) is 11.8. The molecule has 3 aromatic rings. The van der Waals surface area contributed by atoms with E-state index >= 15 is 0 Å². The highest BCUT2D eigenvalue weighted by atomic mass is 79.9. The van der Waals surface area contributed by atoms with E-state index in [1.807, 2.05) is 18.5 Å². The maximum absolute atomic E-state index is 12.5. The van der Waals surface area contributed by atoms with Crippen molar-refractivity contribution in [3.05, 3.63) is 62.2 Å². The summed E-state index contributed by atoms with van der Waals surface area (Å²) in [6.07, 6.45) is 0. The molecule has 1 aromatic carbocycles. The lowest BCUT2D eigenvalue weighted by atomic mass is 10.2. The lowest BCUT2D eigenvalue weighted by Gasteiger charge is -2.08. The van der Waals surface area contributed by atoms with Crippen LogP contribution in [0.4, 0.5) is 0 Å². The maximum Gasteiger partial charge on any atom is 0.273 e. The van der Waals surface area contributed by atoms with E-state index in [1.165, 1.54) is 0 Å². The second-order valence-electron chi connectivity index (χ2n) is 6.27. The Morgan fingerprint density at radius 1 is 1.29 bits per heavy atom. The fourth-order valence-electron chi connectivity index (χ4n) is 2.68. The first-order chi connectivity index (χ1) is 13.4. The molecule has 0 aliphatic carbocycles. The molecule has 0 bridgehead atoms. The van der Waals surface area contributed by atoms with Crippen LogP contribution in [-0.4, -0.2) is 27.4 Å². The Bertz CT molecular complexity index is 982. The molecule has 28 heavy (non-hydrogen) atoms. The second-order valence-corrected chi connectivity index (χ2v) is 7.50. The Morgan fingerprint density at radius 2 is 2.00 bits per heavy atom. The van der Waals surface area contributed by atoms with E-state index in [4.69, 9.17) is 20.9 Å². The number of benzene rings is 1. The van der Waals surface area contributed by atoms with Crippen molar-refractivity contribution in [2.45, 2.75) is 33.9 Å². The number of nitrogens with zero attached hydrogens (tertiary/aromatic N) is 3. The first-order valence-electron chi connectivity index (χ1n) is 8.68. The number of nitrogens with one attached hydrogen (secondary N) is 1. The zero-order valence-corrected chi connectivity index (χ0v) is 18.1. The van der Waals surface area contributed by atoms with Crippen molar-refractivity contribution < 1.29 is 14.1 Å². The molecule has 0 unspecified atom stereocenters. The van der Waals surface area contributed by atoms with Crippen LogP contribution in [0.5, 0.6) is 5.75 Å². The van der Waals surface area contributed by atoms with E-state index in [0.717, 1.165) is 15.9 Å². The van der Waals surface area contributed by atoms with E-state index in [-0.39, 0.29) is 18.2 Å². The van der Waals surface area contributed by atoms with Gasteiger partial charge < -0.3 is 14.6 Å². The van der Waals surface area contributed by atoms with Crippen molar-refractivity contribution in [2.75, 3.05) is 6.54 Å². The van der Waals surface area contributed by atoms with Gasteiger partial charge in [0.15, 0.2) is 5.69 Å². The highest BCUT2D eigenvalue weighted by Crippen LogP contribution is 2.21. The smallest absolute Gasteiger partial charge is 0.273 e. The van der Waals surface area contributed by atoms with Gasteiger partial charge in [0.05, 0.1) is 22.3 Å². The molecule has 1 N–H and O–H groups in total. The molecule has 0 fully saturated rings. The molecule has 9 heteroatoms. The highest BCUT2D eigenvalue weighted by molar-refractivity contribution is 9.10. The fraction of sp³-hybridized carbons (Fsp3) is 0.316. The van der Waals surface area contributed by atoms with Gasteiger partial charge in [-0.05, 0) is 61.0 Å². The molecule has 0 spiro atoms. The van der Waals surface area contributed by atoms with Crippen molar-refractivity contribution in [1.82, 2.24) is 20.3 Å². The van der Waals surface area contributed by atoms with Crippen LogP contribution >= 0.6 is 27.5 Å². The van der Waals surface area contributed by atoms with Crippen LogP contribution in [0.1, 0.15) is 33.2 Å². The minimum absolute atomic E-state index is 0.171. The number of aryl methyl sites for hydroxylation is 2. The number of hydrogen-bond acceptors (Lipinski definition) is 5. The second kappa shape index (κ2) is 8.79. The number of carbonyl (C=O) groups excluding carboxylic acids is 1. The molecule has 2 aromatic heterocycles. The van der Waals surface area contributed by atoms with Gasteiger partial charge in [0.25, 0.3) is 5.91 Å². The molecule has 0 aliphatic heterocycles. The van der Waals surface area contributed by atoms with Gasteiger partial charge in [-0.1, -0.05) is 16.8 Å². The van der Waals surface area contributed by atoms with E-state index < -0.39 is 0 Å². The zero-order valence-electron chi connectivity index (χ0n) is 15.8. The molecule has 148 valence electrons. The molecule has 0 saturated carbocycles. The molecule has 3 rings (SSSR count). The van der Waals surface area contributed by atoms with Crippen LogP contribution in [0.25, 0.3) is 0 Å². The first kappa shape index (κ1) is 20.4. The Morgan fingerprint density at radius 3 is 2.64 bits per heavy atom. The lowest BCUT2D eigenvalue weighted by Crippen LogP contribution is -2.29. The summed E-state index contributed by atoms with van der Waals surface area (Å²) in [7, 11) is 0. The Hall–Kier alpha value is -2.32. The van der Waals surface area contributed by atoms with Crippen molar-refractivity contribution in [3.8, 4) is 5.75 Å². The van der Waals surface area contributed by atoms with Gasteiger partial charge in [-0.3, -0.25) is 9.48 Å². The fourth-order valence-corrected chi connectivity index (χ4v) is 3.09. The molecule has 0 saturated heterocycles. The maximum atomic E-state index is 12.5. The SMILES string of the molecule is Cc1nn(CCNC(=O)c2noc(C)c2COc2ccc(Cl)cc2)c(C)c1Br. The largest absolute Gasteiger partial charge is 0.489 e. The van der Waals surface area contributed by atoms with Gasteiger partial charge in [0.1, 0.15) is 18.1 Å². The van der Waals surface area contributed by atoms with Crippen LogP contribution in [0.3, 0.4) is 0 Å². The molecular formula is C19H20BrClN4O3. The number of aromatic nitrogens is 3. The predicted octanol–water partition coefficient (Wildman–Crippen LogP) is 4.22. The minimum atomic E-state index is -0.313. The standard InChI is InChI=1S/C19H20BrClN4O3/c1-11-17(20)12(2)25(23-11)9-8-22-19(26)18-16(13(3)28-24-18)10-27-15-6-4-14(21)5-7-15/h4-7H,8-10H2,1-3H3,(H,22,26). The van der Waals surface area contributed by atoms with Gasteiger partial charge in [0.2, 0.25) is 0 Å². The summed E-state index contributed by atoms with van der Waals surface area (Å²) in [5.41, 5.74) is 2.76. The Labute approximate surface area is 176 Å². The van der Waals surface area contributed by atoms with E-state index in [9.17, 15) is 4.79 Å². The van der Waals surface area contributed by atoms with Crippen LogP contribution < -0.4 is 10.1 Å². The number of hydrogen-bond donors (Lipinski definition) is 1. The van der Waals surface area contributed by atoms with Crippen LogP contribution in [-0.2, 0) is 13.2 Å². The van der Waals surface area contributed by atoms with Gasteiger partial charge in [-0.2, -0.15) is 5.10 Å². The van der Waals surface area contributed by atoms with Crippen molar-refractivity contribution in [2.24, 2.45) is 0 Å². The third kappa shape index (κ3) is 4.56. The minimum Gasteiger partial charge on any atom is -0.489 e. The predicted molar refractivity (Wildman–Crippen MR) is 109 cm³/mol. The zero-order chi connectivity index (χ0) is 20.3. The number of amides is 1. The molecule has 0 radical (unpaired) electrons. The van der Waals surface area contributed by atoms with Gasteiger partial charge in [0, 0.05) is 17.3 Å². The van der Waals surface area contributed by atoms with Gasteiger partial charge in [-0.15, -0.1) is 0 Å². The first-order valence-corrected chi connectivity index (χ1v) is 9.85. The summed E-state index contributed by atoms with van der Waals surface area (Å²) in [6.45, 7) is 6.78. The molecular weight excluding hydrogens is 448 g/mol. The average Bonchev–Trinajstić information content (AvgIpc) is 3.16. The molecule has 7 nitrogen and oxygen atoms in total. The van der Waals surface area contributed by atoms with Crippen LogP contribution in [0, 0.1) is 20.8 Å². The summed E-state index contributed by atoms with van der Waals surface area (Å²) >= 11 is 9.37. The van der Waals surface area contributed by atoms with E-state index in [2.05, 4.69) is 31.5 Å². The highest BCUT2D eigenvalue weighted by Gasteiger charge is 2.20. The van der Waals surface area contributed by atoms with Crippen LogP contribution in [0.2, 0.25) is 5.02 Å². The van der Waals surface area contributed by atoms with Crippen molar-refractivity contribution >= 4 is 33.4 Å². The number of halogens is 2. The Balaban J connectivity index is 1.60. The monoisotopic (exact) mass is 466 g/mol. The topological polar surface area (TPSA) is 82.2 Å². The number of rotatable bonds is 7. The van der Waals surface area contributed by atoms with Crippen molar-refractivity contribution in [3.63, 3.8) is 0 Å². The van der Waals surface area contributed by atoms with E-state index in [1.54, 1.807) is 31.2 Å². The third-order valence-electron chi connectivity index (χ3n) is 4.30. The number of ether oxygens (including phenoxy) is 1. The van der Waals surface area contributed by atoms with Crippen molar-refractivity contribution in [1.29, 1.82) is 0 Å². The molecule has 0 aliphatic rings. The summed E-state index contributed by atoms with van der Waals surface area (Å²) in [6, 6.07) is 7.00. The van der Waals surface area contributed by atoms with E-state index in [0.29, 0.717) is 35.2 Å². The average molecular weight is 468 g/mol. The summed E-state index contributed by atoms with van der Waals surface area (Å²) in [4.78, 5) is 12.5. The molecule has 0 atom stereocenters. The summed E-state index contributed by atoms with van der Waals surface area (Å²) in [5.74, 6) is 0.875. The van der Waals surface area contributed by atoms with Gasteiger partial charge in [-0.25, -0.2) is 0 Å². The quantitative estimate of drug-likeness (QED) is 0.562. The molecule has 1 amide bonds. The Kier molecular flexibility index (Phi) is 6.41.